The molecule has 0 atom stereocenters. The van der Waals surface area contributed by atoms with Gasteiger partial charge in [0.15, 0.2) is 6.61 Å². The summed E-state index contributed by atoms with van der Waals surface area (Å²) in [5, 5.41) is 10.8. The fourth-order valence-electron chi connectivity index (χ4n) is 3.53. The molecule has 10 nitrogen and oxygen atoms in total. The number of amides is 1. The number of hydrogen-bond donors (Lipinski definition) is 0. The van der Waals surface area contributed by atoms with Gasteiger partial charge in [-0.1, -0.05) is 18.9 Å². The zero-order valence-electron chi connectivity index (χ0n) is 16.2. The van der Waals surface area contributed by atoms with Crippen LogP contribution in [0.15, 0.2) is 24.3 Å². The molecule has 0 spiro atoms. The van der Waals surface area contributed by atoms with Gasteiger partial charge in [0.05, 0.1) is 11.0 Å². The van der Waals surface area contributed by atoms with Gasteiger partial charge >= 0.3 is 0 Å². The molecule has 1 aromatic carbocycles. The number of carbonyl (C=O) groups is 1. The van der Waals surface area contributed by atoms with E-state index in [0.717, 1.165) is 25.7 Å². The third-order valence-electron chi connectivity index (χ3n) is 5.20. The van der Waals surface area contributed by atoms with Crippen LogP contribution in [0.25, 0.3) is 0 Å². The summed E-state index contributed by atoms with van der Waals surface area (Å²) in [6, 6.07) is 5.65. The highest BCUT2D eigenvalue weighted by Crippen LogP contribution is 2.20. The second-order valence-corrected chi connectivity index (χ2v) is 9.07. The fraction of sp³-hybridized carbons (Fsp3) is 0.611. The number of non-ortho nitro benzene ring substituents is 1. The number of rotatable bonds is 6. The maximum Gasteiger partial charge on any atom is 0.282 e. The van der Waals surface area contributed by atoms with Crippen molar-refractivity contribution in [1.29, 1.82) is 0 Å². The maximum absolute atomic E-state index is 12.8. The first-order valence-electron chi connectivity index (χ1n) is 9.78. The summed E-state index contributed by atoms with van der Waals surface area (Å²) < 4.78 is 34.1. The van der Waals surface area contributed by atoms with Crippen molar-refractivity contribution in [3.8, 4) is 5.75 Å². The predicted molar refractivity (Wildman–Crippen MR) is 106 cm³/mol. The zero-order valence-corrected chi connectivity index (χ0v) is 17.1. The lowest BCUT2D eigenvalue weighted by Gasteiger charge is -2.36. The number of ether oxygens (including phenoxy) is 1. The lowest BCUT2D eigenvalue weighted by Crippen LogP contribution is -2.55. The standard InChI is InChI=1S/C18H26N4O6S/c23-18(15-28-17-7-5-6-16(14-17)22(24)25)19-10-12-21(13-11-19)29(26,27)20-8-3-1-2-4-9-20/h5-7,14H,1-4,8-13,15H2. The molecule has 160 valence electrons. The van der Waals surface area contributed by atoms with Crippen LogP contribution >= 0.6 is 0 Å². The SMILES string of the molecule is O=C(COc1cccc([N+](=O)[O-])c1)N1CCN(S(=O)(=O)N2CCCCCC2)CC1. The van der Waals surface area contributed by atoms with Crippen LogP contribution < -0.4 is 4.74 Å². The molecule has 0 unspecified atom stereocenters. The fourth-order valence-corrected chi connectivity index (χ4v) is 5.20. The third-order valence-corrected chi connectivity index (χ3v) is 7.24. The van der Waals surface area contributed by atoms with Crippen LogP contribution in [0.1, 0.15) is 25.7 Å². The molecule has 29 heavy (non-hydrogen) atoms. The number of piperazine rings is 1. The molecule has 11 heteroatoms. The summed E-state index contributed by atoms with van der Waals surface area (Å²) in [4.78, 5) is 24.2. The van der Waals surface area contributed by atoms with Gasteiger partial charge in [-0.15, -0.1) is 0 Å². The minimum atomic E-state index is -3.49. The van der Waals surface area contributed by atoms with E-state index in [1.165, 1.54) is 22.5 Å². The van der Waals surface area contributed by atoms with E-state index in [1.807, 2.05) is 0 Å². The highest BCUT2D eigenvalue weighted by atomic mass is 32.2. The average molecular weight is 426 g/mol. The van der Waals surface area contributed by atoms with Gasteiger partial charge in [-0.2, -0.15) is 17.0 Å². The van der Waals surface area contributed by atoms with Crippen molar-refractivity contribution in [1.82, 2.24) is 13.5 Å². The lowest BCUT2D eigenvalue weighted by atomic mass is 10.2. The minimum Gasteiger partial charge on any atom is -0.484 e. The smallest absolute Gasteiger partial charge is 0.282 e. The molecule has 1 amide bonds. The molecule has 2 aliphatic rings. The first-order valence-corrected chi connectivity index (χ1v) is 11.2. The highest BCUT2D eigenvalue weighted by Gasteiger charge is 2.33. The summed E-state index contributed by atoms with van der Waals surface area (Å²) in [5.74, 6) is -0.0294. The first-order chi connectivity index (χ1) is 13.9. The van der Waals surface area contributed by atoms with E-state index in [1.54, 1.807) is 15.3 Å². The van der Waals surface area contributed by atoms with Gasteiger partial charge in [0.2, 0.25) is 0 Å². The van der Waals surface area contributed by atoms with Crippen molar-refractivity contribution in [2.24, 2.45) is 0 Å². The molecule has 3 rings (SSSR count). The van der Waals surface area contributed by atoms with Gasteiger partial charge in [0.1, 0.15) is 5.75 Å². The van der Waals surface area contributed by atoms with Crippen molar-refractivity contribution in [2.45, 2.75) is 25.7 Å². The average Bonchev–Trinajstić information content (AvgIpc) is 3.02. The van der Waals surface area contributed by atoms with Crippen molar-refractivity contribution < 1.29 is 22.9 Å². The summed E-state index contributed by atoms with van der Waals surface area (Å²) >= 11 is 0. The normalized spacial score (nSPS) is 19.5. The predicted octanol–water partition coefficient (Wildman–Crippen LogP) is 1.24. The van der Waals surface area contributed by atoms with Crippen LogP contribution in [0.2, 0.25) is 0 Å². The summed E-state index contributed by atoms with van der Waals surface area (Å²) in [5.41, 5.74) is -0.109. The molecular weight excluding hydrogens is 400 g/mol. The first kappa shape index (κ1) is 21.5. The van der Waals surface area contributed by atoms with E-state index in [9.17, 15) is 23.3 Å². The van der Waals surface area contributed by atoms with E-state index in [2.05, 4.69) is 0 Å². The quantitative estimate of drug-likeness (QED) is 0.500. The largest absolute Gasteiger partial charge is 0.484 e. The molecule has 0 aliphatic carbocycles. The van der Waals surface area contributed by atoms with E-state index in [4.69, 9.17) is 4.74 Å². The Labute approximate surface area is 170 Å². The monoisotopic (exact) mass is 426 g/mol. The van der Waals surface area contributed by atoms with Crippen molar-refractivity contribution >= 4 is 21.8 Å². The van der Waals surface area contributed by atoms with Crippen molar-refractivity contribution in [2.75, 3.05) is 45.9 Å². The second-order valence-electron chi connectivity index (χ2n) is 7.14. The Morgan fingerprint density at radius 3 is 2.24 bits per heavy atom. The molecule has 0 saturated carbocycles. The molecule has 2 aliphatic heterocycles. The summed E-state index contributed by atoms with van der Waals surface area (Å²) in [6.45, 7) is 1.95. The highest BCUT2D eigenvalue weighted by molar-refractivity contribution is 7.86. The number of benzene rings is 1. The van der Waals surface area contributed by atoms with Gasteiger partial charge < -0.3 is 9.64 Å². The Bertz CT molecular complexity index is 831. The van der Waals surface area contributed by atoms with Crippen molar-refractivity contribution in [3.05, 3.63) is 34.4 Å². The topological polar surface area (TPSA) is 113 Å². The molecule has 0 aromatic heterocycles. The molecule has 0 radical (unpaired) electrons. The Morgan fingerprint density at radius 2 is 1.62 bits per heavy atom. The van der Waals surface area contributed by atoms with Gasteiger partial charge in [0.25, 0.3) is 21.8 Å². The van der Waals surface area contributed by atoms with Gasteiger partial charge in [0, 0.05) is 45.3 Å². The Morgan fingerprint density at radius 1 is 1.00 bits per heavy atom. The third kappa shape index (κ3) is 5.43. The summed E-state index contributed by atoms with van der Waals surface area (Å²) in [6.07, 6.45) is 3.87. The molecule has 1 aromatic rings. The Hall–Kier alpha value is -2.24. The Kier molecular flexibility index (Phi) is 7.04. The summed E-state index contributed by atoms with van der Waals surface area (Å²) in [7, 11) is -3.49. The lowest BCUT2D eigenvalue weighted by molar-refractivity contribution is -0.384. The van der Waals surface area contributed by atoms with Gasteiger partial charge in [-0.25, -0.2) is 0 Å². The molecule has 0 N–H and O–H groups in total. The van der Waals surface area contributed by atoms with Crippen LogP contribution in [0.5, 0.6) is 5.75 Å². The molecule has 0 bridgehead atoms. The van der Waals surface area contributed by atoms with Crippen LogP contribution in [0, 0.1) is 10.1 Å². The molecule has 2 saturated heterocycles. The van der Waals surface area contributed by atoms with Crippen LogP contribution in [-0.2, 0) is 15.0 Å². The Balaban J connectivity index is 1.50. The zero-order chi connectivity index (χ0) is 20.9. The number of carbonyl (C=O) groups excluding carboxylic acids is 1. The number of hydrogen-bond acceptors (Lipinski definition) is 6. The number of nitro groups is 1. The number of nitrogens with zero attached hydrogens (tertiary/aromatic N) is 4. The maximum atomic E-state index is 12.8. The van der Waals surface area contributed by atoms with E-state index in [-0.39, 0.29) is 37.0 Å². The van der Waals surface area contributed by atoms with Crippen LogP contribution in [-0.4, -0.2) is 78.6 Å². The van der Waals surface area contributed by atoms with Gasteiger partial charge in [-0.3, -0.25) is 14.9 Å². The van der Waals surface area contributed by atoms with E-state index < -0.39 is 15.1 Å². The van der Waals surface area contributed by atoms with Crippen molar-refractivity contribution in [3.63, 3.8) is 0 Å². The van der Waals surface area contributed by atoms with E-state index >= 15 is 0 Å². The molecule has 2 fully saturated rings. The number of nitro benzene ring substituents is 1. The van der Waals surface area contributed by atoms with Gasteiger partial charge in [-0.05, 0) is 18.9 Å². The molecule has 2 heterocycles. The second kappa shape index (κ2) is 9.51. The molecular formula is C18H26N4O6S. The van der Waals surface area contributed by atoms with E-state index in [0.29, 0.717) is 26.2 Å². The van der Waals surface area contributed by atoms with Crippen LogP contribution in [0.4, 0.5) is 5.69 Å². The minimum absolute atomic E-state index is 0.109. The van der Waals surface area contributed by atoms with Crippen LogP contribution in [0.3, 0.4) is 0 Å².